The van der Waals surface area contributed by atoms with Crippen LogP contribution >= 0.6 is 11.8 Å². The van der Waals surface area contributed by atoms with Crippen LogP contribution in [-0.4, -0.2) is 25.0 Å². The Morgan fingerprint density at radius 2 is 2.05 bits per heavy atom. The number of hydrogen-bond donors (Lipinski definition) is 1. The van der Waals surface area contributed by atoms with Gasteiger partial charge in [0, 0.05) is 18.9 Å². The predicted octanol–water partition coefficient (Wildman–Crippen LogP) is 3.98. The Morgan fingerprint density at radius 3 is 2.62 bits per heavy atom. The van der Waals surface area contributed by atoms with Crippen molar-refractivity contribution in [3.8, 4) is 0 Å². The van der Waals surface area contributed by atoms with Gasteiger partial charge in [-0.05, 0) is 43.0 Å². The van der Waals surface area contributed by atoms with Gasteiger partial charge in [-0.1, -0.05) is 13.8 Å². The van der Waals surface area contributed by atoms with Gasteiger partial charge in [0.25, 0.3) is 0 Å². The van der Waals surface area contributed by atoms with Crippen LogP contribution in [0.2, 0.25) is 0 Å². The molecule has 1 atom stereocenters. The van der Waals surface area contributed by atoms with Crippen molar-refractivity contribution in [3.05, 3.63) is 29.3 Å². The molecule has 1 heterocycles. The van der Waals surface area contributed by atoms with Gasteiger partial charge >= 0.3 is 0 Å². The Labute approximate surface area is 129 Å². The second-order valence-corrected chi connectivity index (χ2v) is 6.89. The topological polar surface area (TPSA) is 21.3 Å². The summed E-state index contributed by atoms with van der Waals surface area (Å²) in [7, 11) is 0. The number of halogens is 2. The Morgan fingerprint density at radius 1 is 1.33 bits per heavy atom. The number of rotatable bonds is 7. The van der Waals surface area contributed by atoms with Crippen molar-refractivity contribution in [2.75, 3.05) is 18.9 Å². The molecule has 1 unspecified atom stereocenters. The number of benzene rings is 1. The second-order valence-electron chi connectivity index (χ2n) is 5.86. The van der Waals surface area contributed by atoms with Crippen LogP contribution in [0.5, 0.6) is 0 Å². The van der Waals surface area contributed by atoms with Crippen LogP contribution in [-0.2, 0) is 11.3 Å². The van der Waals surface area contributed by atoms with E-state index in [-0.39, 0.29) is 11.0 Å². The van der Waals surface area contributed by atoms with Crippen molar-refractivity contribution in [2.24, 2.45) is 5.92 Å². The minimum absolute atomic E-state index is 0.109. The Bertz CT molecular complexity index is 439. The summed E-state index contributed by atoms with van der Waals surface area (Å²) in [5, 5.41) is 3.19. The fourth-order valence-corrected chi connectivity index (χ4v) is 3.32. The average molecular weight is 315 g/mol. The maximum Gasteiger partial charge on any atom is 0.140 e. The molecule has 1 aromatic rings. The van der Waals surface area contributed by atoms with Gasteiger partial charge in [0.05, 0.1) is 11.0 Å². The van der Waals surface area contributed by atoms with Gasteiger partial charge in [-0.25, -0.2) is 8.78 Å². The molecular formula is C16H23F2NOS. The fraction of sp³-hybridized carbons (Fsp3) is 0.625. The van der Waals surface area contributed by atoms with Gasteiger partial charge in [0.2, 0.25) is 0 Å². The highest BCUT2D eigenvalue weighted by Crippen LogP contribution is 2.29. The van der Waals surface area contributed by atoms with Crippen LogP contribution in [0.1, 0.15) is 32.3 Å². The van der Waals surface area contributed by atoms with E-state index in [0.717, 1.165) is 26.0 Å². The van der Waals surface area contributed by atoms with Crippen LogP contribution in [0.15, 0.2) is 17.0 Å². The lowest BCUT2D eigenvalue weighted by Gasteiger charge is -2.12. The van der Waals surface area contributed by atoms with E-state index in [2.05, 4.69) is 19.2 Å². The van der Waals surface area contributed by atoms with Crippen molar-refractivity contribution in [1.82, 2.24) is 5.32 Å². The van der Waals surface area contributed by atoms with Crippen molar-refractivity contribution in [2.45, 2.75) is 44.2 Å². The summed E-state index contributed by atoms with van der Waals surface area (Å²) in [6, 6.07) is 2.85. The number of ether oxygens (including phenoxy) is 1. The largest absolute Gasteiger partial charge is 0.377 e. The first-order chi connectivity index (χ1) is 10.1. The molecule has 0 amide bonds. The van der Waals surface area contributed by atoms with Crippen molar-refractivity contribution in [3.63, 3.8) is 0 Å². The second kappa shape index (κ2) is 8.11. The van der Waals surface area contributed by atoms with Crippen molar-refractivity contribution in [1.29, 1.82) is 0 Å². The molecule has 1 fully saturated rings. The monoisotopic (exact) mass is 315 g/mol. The quantitative estimate of drug-likeness (QED) is 0.769. The van der Waals surface area contributed by atoms with E-state index >= 15 is 0 Å². The molecule has 0 aromatic heterocycles. The van der Waals surface area contributed by atoms with E-state index in [1.807, 2.05) is 0 Å². The molecule has 0 radical (unpaired) electrons. The van der Waals surface area contributed by atoms with E-state index in [1.54, 1.807) is 0 Å². The van der Waals surface area contributed by atoms with Gasteiger partial charge in [0.15, 0.2) is 0 Å². The van der Waals surface area contributed by atoms with E-state index in [4.69, 9.17) is 4.74 Å². The summed E-state index contributed by atoms with van der Waals surface area (Å²) in [6.45, 7) is 6.27. The molecule has 0 bridgehead atoms. The molecule has 1 aliphatic heterocycles. The summed E-state index contributed by atoms with van der Waals surface area (Å²) < 4.78 is 33.6. The zero-order chi connectivity index (χ0) is 15.2. The molecule has 1 saturated heterocycles. The van der Waals surface area contributed by atoms with Crippen LogP contribution < -0.4 is 5.32 Å². The molecular weight excluding hydrogens is 292 g/mol. The molecule has 1 aromatic carbocycles. The van der Waals surface area contributed by atoms with Crippen LogP contribution in [0.3, 0.4) is 0 Å². The maximum atomic E-state index is 14.0. The minimum Gasteiger partial charge on any atom is -0.377 e. The van der Waals surface area contributed by atoms with Gasteiger partial charge in [0.1, 0.15) is 11.6 Å². The Kier molecular flexibility index (Phi) is 6.45. The summed E-state index contributed by atoms with van der Waals surface area (Å²) in [5.74, 6) is 0.179. The number of nitrogens with one attached hydrogen (secondary N) is 1. The maximum absolute atomic E-state index is 14.0. The van der Waals surface area contributed by atoms with Crippen molar-refractivity contribution >= 4 is 11.8 Å². The molecule has 0 spiro atoms. The summed E-state index contributed by atoms with van der Waals surface area (Å²) in [6.07, 6.45) is 2.14. The first kappa shape index (κ1) is 16.7. The average Bonchev–Trinajstić information content (AvgIpc) is 2.90. The zero-order valence-electron chi connectivity index (χ0n) is 12.6. The van der Waals surface area contributed by atoms with E-state index in [9.17, 15) is 8.78 Å². The van der Waals surface area contributed by atoms with Crippen LogP contribution in [0.25, 0.3) is 0 Å². The summed E-state index contributed by atoms with van der Waals surface area (Å²) in [4.78, 5) is 0.109. The normalized spacial score (nSPS) is 18.6. The first-order valence-electron chi connectivity index (χ1n) is 7.49. The summed E-state index contributed by atoms with van der Waals surface area (Å²) >= 11 is 1.21. The molecule has 0 aliphatic carbocycles. The lowest BCUT2D eigenvalue weighted by Crippen LogP contribution is -2.19. The minimum atomic E-state index is -0.473. The third-order valence-electron chi connectivity index (χ3n) is 3.38. The SMILES string of the molecule is CC(C)CNCc1cc(F)c(SCC2CCCO2)c(F)c1. The highest BCUT2D eigenvalue weighted by Gasteiger charge is 2.18. The number of thioether (sulfide) groups is 1. The molecule has 118 valence electrons. The molecule has 2 nitrogen and oxygen atoms in total. The van der Waals surface area contributed by atoms with E-state index < -0.39 is 11.6 Å². The van der Waals surface area contributed by atoms with Crippen molar-refractivity contribution < 1.29 is 13.5 Å². The molecule has 1 N–H and O–H groups in total. The third-order valence-corrected chi connectivity index (χ3v) is 4.59. The highest BCUT2D eigenvalue weighted by molar-refractivity contribution is 7.99. The highest BCUT2D eigenvalue weighted by atomic mass is 32.2. The van der Waals surface area contributed by atoms with Gasteiger partial charge < -0.3 is 10.1 Å². The smallest absolute Gasteiger partial charge is 0.140 e. The molecule has 21 heavy (non-hydrogen) atoms. The predicted molar refractivity (Wildman–Crippen MR) is 82.6 cm³/mol. The molecule has 0 saturated carbocycles. The lowest BCUT2D eigenvalue weighted by molar-refractivity contribution is 0.129. The van der Waals surface area contributed by atoms with Crippen LogP contribution in [0, 0.1) is 17.6 Å². The molecule has 2 rings (SSSR count). The Balaban J connectivity index is 1.92. The summed E-state index contributed by atoms with van der Waals surface area (Å²) in [5.41, 5.74) is 0.645. The Hall–Kier alpha value is -0.650. The van der Waals surface area contributed by atoms with Gasteiger partial charge in [-0.2, -0.15) is 0 Å². The zero-order valence-corrected chi connectivity index (χ0v) is 13.4. The molecule has 5 heteroatoms. The molecule has 1 aliphatic rings. The van der Waals surface area contributed by atoms with Crippen LogP contribution in [0.4, 0.5) is 8.78 Å². The number of hydrogen-bond acceptors (Lipinski definition) is 3. The first-order valence-corrected chi connectivity index (χ1v) is 8.48. The standard InChI is InChI=1S/C16H23F2NOS/c1-11(2)8-19-9-12-6-14(17)16(15(18)7-12)21-10-13-4-3-5-20-13/h6-7,11,13,19H,3-5,8-10H2,1-2H3. The fourth-order valence-electron chi connectivity index (χ4n) is 2.31. The van der Waals surface area contributed by atoms with E-state index in [0.29, 0.717) is 23.8 Å². The van der Waals surface area contributed by atoms with Gasteiger partial charge in [-0.15, -0.1) is 11.8 Å². The lowest BCUT2D eigenvalue weighted by atomic mass is 10.2. The van der Waals surface area contributed by atoms with Gasteiger partial charge in [-0.3, -0.25) is 0 Å². The third kappa shape index (κ3) is 5.24. The van der Waals surface area contributed by atoms with E-state index in [1.165, 1.54) is 23.9 Å².